The minimum atomic E-state index is -2.27. The first kappa shape index (κ1) is 59.8. The third-order valence-electron chi connectivity index (χ3n) is 14.0. The van der Waals surface area contributed by atoms with Crippen molar-refractivity contribution in [2.24, 2.45) is 5.92 Å². The Kier molecular flexibility index (Phi) is 21.1. The lowest BCUT2D eigenvalue weighted by Crippen LogP contribution is -2.64. The van der Waals surface area contributed by atoms with Gasteiger partial charge in [0.1, 0.15) is 72.7 Å². The van der Waals surface area contributed by atoms with Crippen molar-refractivity contribution >= 4 is 41.1 Å². The molecule has 15 unspecified atom stereocenters. The Morgan fingerprint density at radius 1 is 0.649 bits per heavy atom. The maximum Gasteiger partial charge on any atom is 0.248 e. The van der Waals surface area contributed by atoms with Gasteiger partial charge >= 0.3 is 0 Å². The fourth-order valence-electron chi connectivity index (χ4n) is 9.50. The normalized spacial score (nSPS) is 28.6. The number of phenols is 1. The van der Waals surface area contributed by atoms with Gasteiger partial charge < -0.3 is 91.8 Å². The van der Waals surface area contributed by atoms with E-state index in [1.54, 1.807) is 36.4 Å². The van der Waals surface area contributed by atoms with Crippen LogP contribution < -0.4 is 31.3 Å². The number of ether oxygens (including phenoxy) is 2. The molecule has 0 bridgehead atoms. The molecule has 0 aliphatic carbocycles. The molecule has 3 aromatic carbocycles. The van der Waals surface area contributed by atoms with Crippen LogP contribution in [0.4, 0.5) is 5.69 Å². The first-order valence-corrected chi connectivity index (χ1v) is 25.8. The molecule has 3 aromatic rings. The van der Waals surface area contributed by atoms with Gasteiger partial charge in [-0.25, -0.2) is 0 Å². The van der Waals surface area contributed by atoms with Crippen molar-refractivity contribution in [3.63, 3.8) is 0 Å². The number of aliphatic hydroxyl groups excluding tert-OH is 8. The molecule has 6 rings (SSSR count). The molecule has 3 saturated heterocycles. The van der Waals surface area contributed by atoms with Crippen LogP contribution in [-0.2, 0) is 33.5 Å². The van der Waals surface area contributed by atoms with E-state index < -0.39 is 146 Å². The molecule has 15 atom stereocenters. The molecule has 0 spiro atoms. The Bertz CT molecular complexity index is 2470. The third-order valence-corrected chi connectivity index (χ3v) is 14.0. The Hall–Kier alpha value is -6.48. The van der Waals surface area contributed by atoms with Gasteiger partial charge in [-0.1, -0.05) is 63.1 Å². The van der Waals surface area contributed by atoms with Crippen LogP contribution in [0.15, 0.2) is 72.8 Å². The number of unbranched alkanes of at least 4 members (excludes halogenated alkanes) is 2. The van der Waals surface area contributed by atoms with E-state index in [2.05, 4.69) is 33.5 Å². The number of aliphatic hydroxyl groups is 8. The lowest BCUT2D eigenvalue weighted by atomic mass is 9.96. The number of hydrogen-bond acceptors (Lipinski definition) is 18. The van der Waals surface area contributed by atoms with Crippen LogP contribution in [0.5, 0.6) is 11.5 Å². The molecular weight excluding hydrogens is 1010 g/mol. The molecule has 3 fully saturated rings. The highest BCUT2D eigenvalue weighted by Crippen LogP contribution is 2.29. The van der Waals surface area contributed by atoms with Crippen LogP contribution in [0.25, 0.3) is 11.1 Å². The van der Waals surface area contributed by atoms with Crippen molar-refractivity contribution in [3.8, 4) is 22.6 Å². The SMILES string of the molecule is CCCCCOCCOc1ccc(-c2ccc(NC3CC(O)C(O)NC(=O)C4C(O)C(C)CN4C(=O)C(C(C)O)NC(=O)C(C(O)C(O)c4ccc(O)cc4)NC(=O)C4CC(O)CN4C(=O)C(C(C)O)NC3=O)cc2)cc1. The number of fused-ring (bicyclic) bond motifs is 2. The summed E-state index contributed by atoms with van der Waals surface area (Å²) in [6, 6.07) is 7.68. The summed E-state index contributed by atoms with van der Waals surface area (Å²) in [5.74, 6) is -7.45. The zero-order valence-electron chi connectivity index (χ0n) is 43.3. The highest BCUT2D eigenvalue weighted by molar-refractivity contribution is 5.98. The molecule has 24 heteroatoms. The van der Waals surface area contributed by atoms with E-state index in [1.165, 1.54) is 31.2 Å². The Morgan fingerprint density at radius 2 is 1.23 bits per heavy atom. The molecule has 77 heavy (non-hydrogen) atoms. The van der Waals surface area contributed by atoms with Crippen LogP contribution in [0.2, 0.25) is 0 Å². The fraction of sp³-hybridized carbons (Fsp3) is 0.547. The molecule has 3 aliphatic rings. The smallest absolute Gasteiger partial charge is 0.248 e. The maximum absolute atomic E-state index is 14.5. The third kappa shape index (κ3) is 15.2. The molecule has 14 N–H and O–H groups in total. The number of carbonyl (C=O) groups excluding carboxylic acids is 6. The van der Waals surface area contributed by atoms with Crippen LogP contribution >= 0.6 is 0 Å². The van der Waals surface area contributed by atoms with Crippen LogP contribution in [0, 0.1) is 5.92 Å². The molecule has 0 radical (unpaired) electrons. The van der Waals surface area contributed by atoms with Crippen molar-refractivity contribution in [1.29, 1.82) is 0 Å². The summed E-state index contributed by atoms with van der Waals surface area (Å²) in [5, 5.41) is 112. The summed E-state index contributed by atoms with van der Waals surface area (Å²) < 4.78 is 11.4. The number of amides is 6. The number of rotatable bonds is 16. The Labute approximate surface area is 445 Å². The average Bonchev–Trinajstić information content (AvgIpc) is 3.96. The second-order valence-electron chi connectivity index (χ2n) is 20.0. The van der Waals surface area contributed by atoms with E-state index in [0.29, 0.717) is 31.3 Å². The summed E-state index contributed by atoms with van der Waals surface area (Å²) in [7, 11) is 0. The monoisotopic (exact) mass is 1080 g/mol. The number of carbonyl (C=O) groups is 6. The van der Waals surface area contributed by atoms with Crippen LogP contribution in [0.3, 0.4) is 0 Å². The van der Waals surface area contributed by atoms with Crippen molar-refractivity contribution in [2.75, 3.05) is 38.2 Å². The molecule has 24 nitrogen and oxygen atoms in total. The van der Waals surface area contributed by atoms with E-state index >= 15 is 0 Å². The maximum atomic E-state index is 14.5. The standard InChI is InChI=1S/C53H73N7O17/c1-5-6-7-20-76-21-22-77-36-18-12-31(13-19-36)30-8-14-33(15-9-30)54-37-24-39(65)49(71)58-51(73)43-44(66)27(2)25-60(43)53(75)41(29(4)62)56-50(72)42(46(68)45(67)32-10-16-34(63)17-11-32)57-48(70)38-23-35(64)26-59(38)52(74)40(28(3)61)55-47(37)69/h8-19,27-29,35,37-46,49,54,61-68,71H,5-7,20-26H2,1-4H3,(H,55,69)(H,56,72)(H,57,70)(H,58,73). The van der Waals surface area contributed by atoms with Gasteiger partial charge in [0, 0.05) is 44.1 Å². The zero-order chi connectivity index (χ0) is 56.2. The van der Waals surface area contributed by atoms with E-state index in [0.717, 1.165) is 54.0 Å². The lowest BCUT2D eigenvalue weighted by Gasteiger charge is -2.34. The van der Waals surface area contributed by atoms with E-state index in [-0.39, 0.29) is 17.9 Å². The highest BCUT2D eigenvalue weighted by atomic mass is 16.5. The lowest BCUT2D eigenvalue weighted by molar-refractivity contribution is -0.148. The van der Waals surface area contributed by atoms with Crippen molar-refractivity contribution < 1.29 is 84.2 Å². The first-order valence-electron chi connectivity index (χ1n) is 25.8. The molecular formula is C53H73N7O17. The number of nitrogens with one attached hydrogen (secondary N) is 5. The molecule has 0 aromatic heterocycles. The minimum Gasteiger partial charge on any atom is -0.508 e. The summed E-state index contributed by atoms with van der Waals surface area (Å²) >= 11 is 0. The molecule has 6 amide bonds. The minimum absolute atomic E-state index is 0.0557. The predicted octanol–water partition coefficient (Wildman–Crippen LogP) is -1.90. The van der Waals surface area contributed by atoms with Gasteiger partial charge in [-0.3, -0.25) is 28.8 Å². The van der Waals surface area contributed by atoms with E-state index in [9.17, 15) is 74.7 Å². The summed E-state index contributed by atoms with van der Waals surface area (Å²) in [4.78, 5) is 87.5. The average molecular weight is 1080 g/mol. The van der Waals surface area contributed by atoms with Gasteiger partial charge in [-0.15, -0.1) is 0 Å². The summed E-state index contributed by atoms with van der Waals surface area (Å²) in [6.07, 6.45) is -12.9. The zero-order valence-corrected chi connectivity index (χ0v) is 43.3. The molecule has 0 saturated carbocycles. The van der Waals surface area contributed by atoms with Crippen molar-refractivity contribution in [2.45, 2.75) is 145 Å². The Balaban J connectivity index is 1.32. The van der Waals surface area contributed by atoms with Crippen LogP contribution in [0.1, 0.15) is 71.5 Å². The number of hydrogen-bond donors (Lipinski definition) is 14. The van der Waals surface area contributed by atoms with E-state index in [4.69, 9.17) is 9.47 Å². The highest BCUT2D eigenvalue weighted by Gasteiger charge is 2.50. The van der Waals surface area contributed by atoms with Gasteiger partial charge in [0.2, 0.25) is 35.4 Å². The van der Waals surface area contributed by atoms with Gasteiger partial charge in [0.15, 0.2) is 6.23 Å². The number of aromatic hydroxyl groups is 1. The number of nitrogens with zero attached hydrogens (tertiary/aromatic N) is 2. The largest absolute Gasteiger partial charge is 0.508 e. The summed E-state index contributed by atoms with van der Waals surface area (Å²) in [5.41, 5.74) is 1.81. The second-order valence-corrected chi connectivity index (χ2v) is 20.0. The number of anilines is 1. The topological polar surface area (TPSA) is 370 Å². The van der Waals surface area contributed by atoms with E-state index in [1.807, 2.05) is 12.1 Å². The molecule has 422 valence electrons. The fourth-order valence-corrected chi connectivity index (χ4v) is 9.50. The van der Waals surface area contributed by atoms with Crippen LogP contribution in [-0.4, -0.2) is 203 Å². The molecule has 3 aliphatic heterocycles. The first-order chi connectivity index (χ1) is 36.6. The number of phenolic OH excluding ortho intramolecular Hbond substituents is 1. The quantitative estimate of drug-likeness (QED) is 0.0697. The Morgan fingerprint density at radius 3 is 1.84 bits per heavy atom. The van der Waals surface area contributed by atoms with Gasteiger partial charge in [0.05, 0.1) is 31.0 Å². The molecule has 3 heterocycles. The van der Waals surface area contributed by atoms with Gasteiger partial charge in [0.25, 0.3) is 0 Å². The summed E-state index contributed by atoms with van der Waals surface area (Å²) in [6.45, 7) is 6.50. The van der Waals surface area contributed by atoms with Crippen molar-refractivity contribution in [3.05, 3.63) is 78.4 Å². The van der Waals surface area contributed by atoms with Gasteiger partial charge in [-0.2, -0.15) is 0 Å². The van der Waals surface area contributed by atoms with Gasteiger partial charge in [-0.05, 0) is 73.4 Å². The van der Waals surface area contributed by atoms with Crippen molar-refractivity contribution in [1.82, 2.24) is 31.1 Å². The second kappa shape index (κ2) is 27.2. The number of benzene rings is 3. The predicted molar refractivity (Wildman–Crippen MR) is 275 cm³/mol.